The zero-order chi connectivity index (χ0) is 9.54. The Balaban J connectivity index is 1.99. The predicted molar refractivity (Wildman–Crippen MR) is 52.1 cm³/mol. The van der Waals surface area contributed by atoms with Crippen LogP contribution in [0.4, 0.5) is 5.69 Å². The number of hydrogen-bond donors (Lipinski definition) is 1. The second-order valence-electron chi connectivity index (χ2n) is 3.79. The van der Waals surface area contributed by atoms with Crippen molar-refractivity contribution in [2.45, 2.75) is 18.9 Å². The molecule has 3 heteroatoms. The lowest BCUT2D eigenvalue weighted by atomic mass is 10.00. The fourth-order valence-corrected chi connectivity index (χ4v) is 1.83. The topological polar surface area (TPSA) is 41.6 Å². The van der Waals surface area contributed by atoms with Crippen molar-refractivity contribution < 1.29 is 9.53 Å². The number of hydrogen-bond acceptors (Lipinski definition) is 2. The molecule has 0 spiro atoms. The van der Waals surface area contributed by atoms with Crippen molar-refractivity contribution >= 4 is 11.6 Å². The van der Waals surface area contributed by atoms with Gasteiger partial charge in [-0.25, -0.2) is 0 Å². The highest BCUT2D eigenvalue weighted by Crippen LogP contribution is 2.33. The maximum absolute atomic E-state index is 11.2. The molecule has 1 atom stereocenters. The second-order valence-corrected chi connectivity index (χ2v) is 3.79. The number of rotatable bonds is 1. The third-order valence-electron chi connectivity index (χ3n) is 2.73. The van der Waals surface area contributed by atoms with Gasteiger partial charge in [0.05, 0.1) is 6.61 Å². The summed E-state index contributed by atoms with van der Waals surface area (Å²) < 4.78 is 5.20. The maximum Gasteiger partial charge on any atom is 0.224 e. The minimum atomic E-state index is 0.117. The Hall–Kier alpha value is -1.35. The lowest BCUT2D eigenvalue weighted by Crippen LogP contribution is -2.18. The Labute approximate surface area is 82.1 Å². The number of fused-ring (bicyclic) bond motifs is 1. The lowest BCUT2D eigenvalue weighted by molar-refractivity contribution is -0.116. The smallest absolute Gasteiger partial charge is 0.224 e. The van der Waals surface area contributed by atoms with E-state index in [-0.39, 0.29) is 12.0 Å². The predicted octanol–water partition coefficient (Wildman–Crippen LogP) is 1.64. The summed E-state index contributed by atoms with van der Waals surface area (Å²) in [5.41, 5.74) is 3.37. The summed E-state index contributed by atoms with van der Waals surface area (Å²) in [6.07, 6.45) is 1.72. The highest BCUT2D eigenvalue weighted by atomic mass is 16.6. The van der Waals surface area contributed by atoms with E-state index in [1.165, 1.54) is 11.1 Å². The fourth-order valence-electron chi connectivity index (χ4n) is 1.83. The molecule has 0 aliphatic carbocycles. The van der Waals surface area contributed by atoms with Gasteiger partial charge in [-0.1, -0.05) is 12.1 Å². The molecule has 14 heavy (non-hydrogen) atoms. The van der Waals surface area contributed by atoms with Crippen molar-refractivity contribution in [1.82, 2.24) is 0 Å². The number of ether oxygens (including phenoxy) is 1. The van der Waals surface area contributed by atoms with Crippen LogP contribution in [0, 0.1) is 0 Å². The minimum absolute atomic E-state index is 0.117. The molecule has 2 aliphatic heterocycles. The molecule has 1 amide bonds. The molecule has 1 aromatic carbocycles. The van der Waals surface area contributed by atoms with E-state index < -0.39 is 0 Å². The standard InChI is InChI=1S/C11H11NO2/c13-11-4-3-7-1-2-8(10-6-14-10)5-9(7)12-11/h1-2,5,10H,3-4,6H2,(H,12,13). The molecule has 1 saturated heterocycles. The van der Waals surface area contributed by atoms with Gasteiger partial charge in [0.15, 0.2) is 0 Å². The third kappa shape index (κ3) is 1.30. The summed E-state index contributed by atoms with van der Waals surface area (Å²) in [4.78, 5) is 11.2. The molecule has 0 bridgehead atoms. The van der Waals surface area contributed by atoms with E-state index in [0.29, 0.717) is 6.42 Å². The van der Waals surface area contributed by atoms with E-state index in [9.17, 15) is 4.79 Å². The molecule has 0 radical (unpaired) electrons. The van der Waals surface area contributed by atoms with Gasteiger partial charge < -0.3 is 10.1 Å². The van der Waals surface area contributed by atoms with Crippen LogP contribution in [-0.4, -0.2) is 12.5 Å². The first-order chi connectivity index (χ1) is 6.83. The second kappa shape index (κ2) is 2.82. The van der Waals surface area contributed by atoms with Gasteiger partial charge in [0, 0.05) is 12.1 Å². The average molecular weight is 189 g/mol. The summed E-state index contributed by atoms with van der Waals surface area (Å²) in [6.45, 7) is 0.812. The molecule has 3 nitrogen and oxygen atoms in total. The number of carbonyl (C=O) groups is 1. The van der Waals surface area contributed by atoms with Gasteiger partial charge in [-0.3, -0.25) is 4.79 Å². The van der Waals surface area contributed by atoms with Crippen LogP contribution in [0.3, 0.4) is 0 Å². The van der Waals surface area contributed by atoms with E-state index in [4.69, 9.17) is 4.74 Å². The Morgan fingerprint density at radius 2 is 2.21 bits per heavy atom. The van der Waals surface area contributed by atoms with Crippen LogP contribution < -0.4 is 5.32 Å². The van der Waals surface area contributed by atoms with Gasteiger partial charge in [-0.2, -0.15) is 0 Å². The van der Waals surface area contributed by atoms with Gasteiger partial charge in [0.25, 0.3) is 0 Å². The van der Waals surface area contributed by atoms with E-state index in [1.54, 1.807) is 0 Å². The molecule has 1 aromatic rings. The SMILES string of the molecule is O=C1CCc2ccc(C3CO3)cc2N1. The number of anilines is 1. The number of aryl methyl sites for hydroxylation is 1. The largest absolute Gasteiger partial charge is 0.368 e. The van der Waals surface area contributed by atoms with E-state index in [0.717, 1.165) is 18.7 Å². The zero-order valence-corrected chi connectivity index (χ0v) is 7.75. The first-order valence-corrected chi connectivity index (χ1v) is 4.87. The van der Waals surface area contributed by atoms with Crippen LogP contribution in [0.25, 0.3) is 0 Å². The molecule has 1 unspecified atom stereocenters. The first-order valence-electron chi connectivity index (χ1n) is 4.87. The first kappa shape index (κ1) is 8.00. The zero-order valence-electron chi connectivity index (χ0n) is 7.75. The summed E-state index contributed by atoms with van der Waals surface area (Å²) in [5, 5.41) is 2.89. The van der Waals surface area contributed by atoms with Crippen LogP contribution in [0.15, 0.2) is 18.2 Å². The molecule has 0 saturated carbocycles. The van der Waals surface area contributed by atoms with Gasteiger partial charge in [-0.05, 0) is 23.6 Å². The van der Waals surface area contributed by atoms with Crippen molar-refractivity contribution in [3.8, 4) is 0 Å². The van der Waals surface area contributed by atoms with Gasteiger partial charge in [0.1, 0.15) is 6.10 Å². The van der Waals surface area contributed by atoms with Crippen molar-refractivity contribution in [1.29, 1.82) is 0 Å². The van der Waals surface area contributed by atoms with Crippen LogP contribution >= 0.6 is 0 Å². The number of benzene rings is 1. The number of nitrogens with one attached hydrogen (secondary N) is 1. The summed E-state index contributed by atoms with van der Waals surface area (Å²) in [5.74, 6) is 0.117. The molecular formula is C11H11NO2. The van der Waals surface area contributed by atoms with E-state index in [1.807, 2.05) is 6.07 Å². The van der Waals surface area contributed by atoms with Crippen molar-refractivity contribution in [3.63, 3.8) is 0 Å². The monoisotopic (exact) mass is 189 g/mol. The quantitative estimate of drug-likeness (QED) is 0.682. The van der Waals surface area contributed by atoms with Crippen LogP contribution in [0.1, 0.15) is 23.7 Å². The molecule has 72 valence electrons. The number of amides is 1. The van der Waals surface area contributed by atoms with Crippen molar-refractivity contribution in [2.75, 3.05) is 11.9 Å². The van der Waals surface area contributed by atoms with E-state index in [2.05, 4.69) is 17.4 Å². The molecule has 1 N–H and O–H groups in total. The highest BCUT2D eigenvalue weighted by molar-refractivity contribution is 5.94. The van der Waals surface area contributed by atoms with E-state index >= 15 is 0 Å². The summed E-state index contributed by atoms with van der Waals surface area (Å²) >= 11 is 0. The molecule has 3 rings (SSSR count). The van der Waals surface area contributed by atoms with Gasteiger partial charge in [-0.15, -0.1) is 0 Å². The molecule has 2 aliphatic rings. The lowest BCUT2D eigenvalue weighted by Gasteiger charge is -2.17. The van der Waals surface area contributed by atoms with Crippen molar-refractivity contribution in [3.05, 3.63) is 29.3 Å². The third-order valence-corrected chi connectivity index (χ3v) is 2.73. The Morgan fingerprint density at radius 1 is 1.36 bits per heavy atom. The Kier molecular flexibility index (Phi) is 1.61. The Morgan fingerprint density at radius 3 is 3.00 bits per heavy atom. The number of carbonyl (C=O) groups excluding carboxylic acids is 1. The average Bonchev–Trinajstić information content (AvgIpc) is 3.00. The van der Waals surface area contributed by atoms with Crippen LogP contribution in [0.5, 0.6) is 0 Å². The minimum Gasteiger partial charge on any atom is -0.368 e. The number of epoxide rings is 1. The Bertz CT molecular complexity index is 396. The maximum atomic E-state index is 11.2. The molecule has 0 aromatic heterocycles. The van der Waals surface area contributed by atoms with Gasteiger partial charge >= 0.3 is 0 Å². The van der Waals surface area contributed by atoms with Crippen LogP contribution in [-0.2, 0) is 16.0 Å². The molecule has 2 heterocycles. The summed E-state index contributed by atoms with van der Waals surface area (Å²) in [6, 6.07) is 6.21. The highest BCUT2D eigenvalue weighted by Gasteiger charge is 2.26. The van der Waals surface area contributed by atoms with Crippen LogP contribution in [0.2, 0.25) is 0 Å². The molecule has 1 fully saturated rings. The fraction of sp³-hybridized carbons (Fsp3) is 0.364. The van der Waals surface area contributed by atoms with Gasteiger partial charge in [0.2, 0.25) is 5.91 Å². The normalized spacial score (nSPS) is 24.0. The molecular weight excluding hydrogens is 178 g/mol. The summed E-state index contributed by atoms with van der Waals surface area (Å²) in [7, 11) is 0. The van der Waals surface area contributed by atoms with Crippen molar-refractivity contribution in [2.24, 2.45) is 0 Å².